The zero-order chi connectivity index (χ0) is 26.7. The van der Waals surface area contributed by atoms with E-state index in [0.717, 1.165) is 33.5 Å². The number of nitrogens with zero attached hydrogens (tertiary/aromatic N) is 7. The van der Waals surface area contributed by atoms with Crippen molar-refractivity contribution in [2.45, 2.75) is 19.4 Å². The van der Waals surface area contributed by atoms with Gasteiger partial charge in [0.15, 0.2) is 11.5 Å². The summed E-state index contributed by atoms with van der Waals surface area (Å²) in [6.45, 7) is 2.33. The van der Waals surface area contributed by atoms with E-state index < -0.39 is 0 Å². The first-order valence-corrected chi connectivity index (χ1v) is 12.8. The Balaban J connectivity index is 1.23. The van der Waals surface area contributed by atoms with Crippen molar-refractivity contribution in [2.75, 3.05) is 0 Å². The van der Waals surface area contributed by atoms with E-state index in [2.05, 4.69) is 20.3 Å². The maximum absolute atomic E-state index is 6.22. The van der Waals surface area contributed by atoms with Crippen molar-refractivity contribution in [3.63, 3.8) is 0 Å². The molecule has 4 aromatic heterocycles. The fraction of sp³-hybridized carbons (Fsp3) is 0.148. The molecule has 2 aromatic carbocycles. The summed E-state index contributed by atoms with van der Waals surface area (Å²) in [5.74, 6) is 1.87. The highest BCUT2D eigenvalue weighted by molar-refractivity contribution is 6.35. The number of ether oxygens (including phenoxy) is 2. The van der Waals surface area contributed by atoms with Crippen molar-refractivity contribution in [3.05, 3.63) is 99.2 Å². The average Bonchev–Trinajstić information content (AvgIpc) is 3.66. The Hall–Kier alpha value is -4.41. The zero-order valence-electron chi connectivity index (χ0n) is 20.8. The van der Waals surface area contributed by atoms with Crippen LogP contribution in [-0.2, 0) is 13.7 Å². The Morgan fingerprint density at radius 3 is 2.69 bits per heavy atom. The molecule has 0 aliphatic carbocycles. The SMILES string of the molecule is Cc1[nH]nc2c1[C@@H](c1cnn(C)c1)c1c(ncn3nc(-c4ccc(COc5ccc(Cl)cc5Cl)cc4)nc13)O2. The van der Waals surface area contributed by atoms with Crippen LogP contribution >= 0.6 is 23.2 Å². The van der Waals surface area contributed by atoms with E-state index in [9.17, 15) is 0 Å². The minimum Gasteiger partial charge on any atom is -0.487 e. The van der Waals surface area contributed by atoms with Crippen LogP contribution in [0.1, 0.15) is 33.9 Å². The second-order valence-electron chi connectivity index (χ2n) is 9.28. The smallest absolute Gasteiger partial charge is 0.244 e. The van der Waals surface area contributed by atoms with E-state index in [1.54, 1.807) is 33.7 Å². The van der Waals surface area contributed by atoms with Crippen molar-refractivity contribution in [1.29, 1.82) is 0 Å². The summed E-state index contributed by atoms with van der Waals surface area (Å²) in [6.07, 6.45) is 5.43. The fourth-order valence-corrected chi connectivity index (χ4v) is 5.27. The lowest BCUT2D eigenvalue weighted by atomic mass is 9.86. The fourth-order valence-electron chi connectivity index (χ4n) is 4.81. The molecule has 0 amide bonds. The Morgan fingerprint density at radius 2 is 1.92 bits per heavy atom. The van der Waals surface area contributed by atoms with Gasteiger partial charge in [-0.05, 0) is 30.7 Å². The van der Waals surface area contributed by atoms with Gasteiger partial charge in [0.25, 0.3) is 0 Å². The van der Waals surface area contributed by atoms with Crippen LogP contribution in [-0.4, -0.2) is 39.6 Å². The molecule has 1 aliphatic heterocycles. The van der Waals surface area contributed by atoms with Gasteiger partial charge in [0.1, 0.15) is 18.7 Å². The average molecular weight is 559 g/mol. The van der Waals surface area contributed by atoms with Crippen molar-refractivity contribution in [2.24, 2.45) is 7.05 Å². The summed E-state index contributed by atoms with van der Waals surface area (Å²) in [5, 5.41) is 17.5. The number of nitrogens with one attached hydrogen (secondary N) is 1. The minimum atomic E-state index is -0.219. The molecule has 10 nitrogen and oxygen atoms in total. The molecule has 194 valence electrons. The molecule has 6 aromatic rings. The maximum Gasteiger partial charge on any atom is 0.244 e. The number of rotatable bonds is 5. The van der Waals surface area contributed by atoms with Crippen molar-refractivity contribution >= 4 is 28.8 Å². The summed E-state index contributed by atoms with van der Waals surface area (Å²) in [7, 11) is 1.89. The summed E-state index contributed by atoms with van der Waals surface area (Å²) < 4.78 is 15.4. The lowest BCUT2D eigenvalue weighted by Crippen LogP contribution is -2.14. The van der Waals surface area contributed by atoms with Gasteiger partial charge in [-0.2, -0.15) is 5.10 Å². The van der Waals surface area contributed by atoms with Gasteiger partial charge >= 0.3 is 0 Å². The second-order valence-corrected chi connectivity index (χ2v) is 10.1. The van der Waals surface area contributed by atoms with Crippen LogP contribution in [0.3, 0.4) is 0 Å². The van der Waals surface area contributed by atoms with Crippen LogP contribution in [0.2, 0.25) is 10.0 Å². The Bertz CT molecular complexity index is 1860. The summed E-state index contributed by atoms with van der Waals surface area (Å²) in [4.78, 5) is 9.47. The van der Waals surface area contributed by atoms with E-state index in [4.69, 9.17) is 42.8 Å². The maximum atomic E-state index is 6.22. The quantitative estimate of drug-likeness (QED) is 0.287. The molecule has 39 heavy (non-hydrogen) atoms. The minimum absolute atomic E-state index is 0.219. The highest BCUT2D eigenvalue weighted by Gasteiger charge is 2.37. The van der Waals surface area contributed by atoms with Gasteiger partial charge < -0.3 is 9.47 Å². The molecule has 12 heteroatoms. The topological polar surface area (TPSA) is 108 Å². The van der Waals surface area contributed by atoms with E-state index in [1.165, 1.54) is 0 Å². The molecule has 7 rings (SSSR count). The lowest BCUT2D eigenvalue weighted by Gasteiger charge is -2.24. The van der Waals surface area contributed by atoms with Gasteiger partial charge in [-0.1, -0.05) is 47.5 Å². The predicted molar refractivity (Wildman–Crippen MR) is 145 cm³/mol. The van der Waals surface area contributed by atoms with Crippen LogP contribution in [0.25, 0.3) is 17.0 Å². The first kappa shape index (κ1) is 23.7. The molecule has 0 bridgehead atoms. The Labute approximate surface area is 232 Å². The van der Waals surface area contributed by atoms with E-state index in [1.807, 2.05) is 50.6 Å². The third-order valence-corrected chi connectivity index (χ3v) is 7.21. The largest absolute Gasteiger partial charge is 0.487 e. The molecule has 1 aliphatic rings. The molecule has 0 spiro atoms. The highest BCUT2D eigenvalue weighted by atomic mass is 35.5. The monoisotopic (exact) mass is 558 g/mol. The lowest BCUT2D eigenvalue weighted by molar-refractivity contribution is 0.306. The molecule has 5 heterocycles. The number of hydrogen-bond donors (Lipinski definition) is 1. The third kappa shape index (κ3) is 4.08. The molecule has 0 saturated carbocycles. The highest BCUT2D eigenvalue weighted by Crippen LogP contribution is 2.48. The number of halogens is 2. The van der Waals surface area contributed by atoms with Crippen LogP contribution in [0.4, 0.5) is 0 Å². The van der Waals surface area contributed by atoms with E-state index in [-0.39, 0.29) is 5.92 Å². The first-order chi connectivity index (χ1) is 18.9. The van der Waals surface area contributed by atoms with Crippen LogP contribution < -0.4 is 9.47 Å². The van der Waals surface area contributed by atoms with Gasteiger partial charge in [-0.3, -0.25) is 9.78 Å². The Morgan fingerprint density at radius 1 is 1.08 bits per heavy atom. The zero-order valence-corrected chi connectivity index (χ0v) is 22.3. The summed E-state index contributed by atoms with van der Waals surface area (Å²) >= 11 is 12.2. The number of benzene rings is 2. The van der Waals surface area contributed by atoms with Crippen LogP contribution in [0, 0.1) is 6.92 Å². The number of aromatic amines is 1. The van der Waals surface area contributed by atoms with Crippen LogP contribution in [0.15, 0.2) is 61.2 Å². The molecule has 0 radical (unpaired) electrons. The number of aromatic nitrogens is 8. The van der Waals surface area contributed by atoms with Crippen LogP contribution in [0.5, 0.6) is 17.5 Å². The summed E-state index contributed by atoms with van der Waals surface area (Å²) in [5.41, 5.74) is 6.11. The number of H-pyrrole nitrogens is 1. The Kier molecular flexibility index (Phi) is 5.53. The standard InChI is InChI=1S/C27H20Cl2N8O2/c1-14-21-22(17-10-31-36(2)11-17)23-25-32-24(35-37(25)13-30-26(23)39-27(21)34-33-14)16-5-3-15(4-6-16)12-38-20-8-7-18(28)9-19(20)29/h3-11,13,22H,12H2,1-2H3,(H,33,34)/t22-/m1/s1. The first-order valence-electron chi connectivity index (χ1n) is 12.1. The molecular weight excluding hydrogens is 539 g/mol. The third-order valence-electron chi connectivity index (χ3n) is 6.68. The van der Waals surface area contributed by atoms with Crippen molar-refractivity contribution < 1.29 is 9.47 Å². The molecule has 1 N–H and O–H groups in total. The van der Waals surface area contributed by atoms with E-state index in [0.29, 0.717) is 45.6 Å². The molecule has 0 saturated heterocycles. The predicted octanol–water partition coefficient (Wildman–Crippen LogP) is 5.73. The van der Waals surface area contributed by atoms with Gasteiger partial charge in [-0.15, -0.1) is 10.2 Å². The number of hydrogen-bond acceptors (Lipinski definition) is 7. The van der Waals surface area contributed by atoms with Gasteiger partial charge in [-0.25, -0.2) is 14.5 Å². The molecule has 0 fully saturated rings. The number of aryl methyl sites for hydroxylation is 2. The van der Waals surface area contributed by atoms with Gasteiger partial charge in [0.2, 0.25) is 11.8 Å². The summed E-state index contributed by atoms with van der Waals surface area (Å²) in [6, 6.07) is 13.0. The van der Waals surface area contributed by atoms with Crippen molar-refractivity contribution in [3.8, 4) is 28.9 Å². The van der Waals surface area contributed by atoms with Gasteiger partial charge in [0, 0.05) is 40.7 Å². The molecular formula is C27H20Cl2N8O2. The normalized spacial score (nSPS) is 14.2. The molecule has 0 unspecified atom stereocenters. The van der Waals surface area contributed by atoms with E-state index >= 15 is 0 Å². The molecule has 1 atom stereocenters. The number of fused-ring (bicyclic) bond motifs is 4. The second kappa shape index (κ2) is 9.11. The van der Waals surface area contributed by atoms with Crippen molar-refractivity contribution in [1.82, 2.24) is 39.6 Å². The van der Waals surface area contributed by atoms with Gasteiger partial charge in [0.05, 0.1) is 22.7 Å².